The van der Waals surface area contributed by atoms with E-state index in [-0.39, 0.29) is 0 Å². The van der Waals surface area contributed by atoms with E-state index in [2.05, 4.69) is 12.0 Å². The number of benzene rings is 1. The Hall–Kier alpha value is -1.35. The van der Waals surface area contributed by atoms with Crippen molar-refractivity contribution in [3.8, 4) is 0 Å². The average Bonchev–Trinajstić information content (AvgIpc) is 2.26. The predicted octanol–water partition coefficient (Wildman–Crippen LogP) is 2.30. The molecule has 3 nitrogen and oxygen atoms in total. The van der Waals surface area contributed by atoms with E-state index in [1.165, 1.54) is 6.42 Å². The molecule has 0 aliphatic heterocycles. The van der Waals surface area contributed by atoms with Gasteiger partial charge in [0.15, 0.2) is 0 Å². The summed E-state index contributed by atoms with van der Waals surface area (Å²) in [6.45, 7) is 3.64. The van der Waals surface area contributed by atoms with Gasteiger partial charge in [0.1, 0.15) is 0 Å². The van der Waals surface area contributed by atoms with Crippen molar-refractivity contribution in [2.24, 2.45) is 10.9 Å². The number of ether oxygens (including phenoxy) is 1. The van der Waals surface area contributed by atoms with Gasteiger partial charge in [0, 0.05) is 6.61 Å². The SMILES string of the molecule is CCCCOCc1cccc(C=NN)c1. The Balaban J connectivity index is 2.43. The van der Waals surface area contributed by atoms with E-state index in [1.807, 2.05) is 24.3 Å². The number of nitrogens with zero attached hydrogens (tertiary/aromatic N) is 1. The van der Waals surface area contributed by atoms with Crippen LogP contribution in [0.4, 0.5) is 0 Å². The van der Waals surface area contributed by atoms with Gasteiger partial charge in [0.25, 0.3) is 0 Å². The summed E-state index contributed by atoms with van der Waals surface area (Å²) in [4.78, 5) is 0. The minimum Gasteiger partial charge on any atom is -0.377 e. The zero-order valence-electron chi connectivity index (χ0n) is 9.15. The fourth-order valence-corrected chi connectivity index (χ4v) is 1.29. The van der Waals surface area contributed by atoms with E-state index in [0.717, 1.165) is 24.2 Å². The third-order valence-electron chi connectivity index (χ3n) is 2.09. The van der Waals surface area contributed by atoms with Crippen molar-refractivity contribution in [1.29, 1.82) is 0 Å². The van der Waals surface area contributed by atoms with Crippen molar-refractivity contribution in [2.75, 3.05) is 6.61 Å². The van der Waals surface area contributed by atoms with E-state index >= 15 is 0 Å². The first-order chi connectivity index (χ1) is 7.36. The van der Waals surface area contributed by atoms with Gasteiger partial charge in [-0.15, -0.1) is 0 Å². The smallest absolute Gasteiger partial charge is 0.0717 e. The second-order valence-electron chi connectivity index (χ2n) is 3.43. The maximum absolute atomic E-state index is 5.52. The van der Waals surface area contributed by atoms with Crippen LogP contribution in [0.2, 0.25) is 0 Å². The van der Waals surface area contributed by atoms with Crippen LogP contribution in [0.25, 0.3) is 0 Å². The van der Waals surface area contributed by atoms with Crippen LogP contribution in [0.1, 0.15) is 30.9 Å². The standard InChI is InChI=1S/C12H18N2O/c1-2-3-7-15-10-12-6-4-5-11(8-12)9-14-13/h4-6,8-9H,2-3,7,10,13H2,1H3. The van der Waals surface area contributed by atoms with Crippen molar-refractivity contribution in [3.05, 3.63) is 35.4 Å². The van der Waals surface area contributed by atoms with Crippen LogP contribution in [-0.2, 0) is 11.3 Å². The van der Waals surface area contributed by atoms with E-state index in [4.69, 9.17) is 10.6 Å². The fraction of sp³-hybridized carbons (Fsp3) is 0.417. The molecule has 0 radical (unpaired) electrons. The molecule has 15 heavy (non-hydrogen) atoms. The van der Waals surface area contributed by atoms with Crippen molar-refractivity contribution in [3.63, 3.8) is 0 Å². The molecule has 0 heterocycles. The van der Waals surface area contributed by atoms with Crippen LogP contribution < -0.4 is 5.84 Å². The molecule has 0 saturated carbocycles. The molecule has 0 saturated heterocycles. The van der Waals surface area contributed by atoms with Gasteiger partial charge < -0.3 is 10.6 Å². The minimum atomic E-state index is 0.659. The molecule has 0 bridgehead atoms. The number of unbranched alkanes of at least 4 members (excludes halogenated alkanes) is 1. The highest BCUT2D eigenvalue weighted by molar-refractivity contribution is 5.79. The molecule has 0 atom stereocenters. The number of rotatable bonds is 6. The van der Waals surface area contributed by atoms with E-state index in [1.54, 1.807) is 6.21 Å². The second-order valence-corrected chi connectivity index (χ2v) is 3.43. The van der Waals surface area contributed by atoms with Crippen LogP contribution in [-0.4, -0.2) is 12.8 Å². The van der Waals surface area contributed by atoms with Crippen molar-refractivity contribution >= 4 is 6.21 Å². The third kappa shape index (κ3) is 4.61. The van der Waals surface area contributed by atoms with Gasteiger partial charge in [0.2, 0.25) is 0 Å². The first-order valence-electron chi connectivity index (χ1n) is 5.26. The molecule has 3 heteroatoms. The van der Waals surface area contributed by atoms with Gasteiger partial charge >= 0.3 is 0 Å². The Labute approximate surface area is 90.9 Å². The van der Waals surface area contributed by atoms with Crippen LogP contribution in [0.3, 0.4) is 0 Å². The minimum absolute atomic E-state index is 0.659. The summed E-state index contributed by atoms with van der Waals surface area (Å²) in [5.74, 6) is 5.09. The highest BCUT2D eigenvalue weighted by atomic mass is 16.5. The molecule has 1 rings (SSSR count). The second kappa shape index (κ2) is 7.01. The topological polar surface area (TPSA) is 47.6 Å². The molecule has 0 aliphatic carbocycles. The van der Waals surface area contributed by atoms with Crippen LogP contribution in [0.5, 0.6) is 0 Å². The Kier molecular flexibility index (Phi) is 5.48. The summed E-state index contributed by atoms with van der Waals surface area (Å²) < 4.78 is 5.52. The van der Waals surface area contributed by atoms with E-state index in [9.17, 15) is 0 Å². The monoisotopic (exact) mass is 206 g/mol. The average molecular weight is 206 g/mol. The fourth-order valence-electron chi connectivity index (χ4n) is 1.29. The molecule has 0 aromatic heterocycles. The Morgan fingerprint density at radius 2 is 2.33 bits per heavy atom. The predicted molar refractivity (Wildman–Crippen MR) is 62.8 cm³/mol. The molecular formula is C12H18N2O. The summed E-state index contributed by atoms with van der Waals surface area (Å²) in [7, 11) is 0. The number of nitrogens with two attached hydrogens (primary N) is 1. The summed E-state index contributed by atoms with van der Waals surface area (Å²) in [5.41, 5.74) is 2.16. The molecule has 2 N–H and O–H groups in total. The lowest BCUT2D eigenvalue weighted by Gasteiger charge is -2.04. The van der Waals surface area contributed by atoms with Gasteiger partial charge in [-0.3, -0.25) is 0 Å². The Morgan fingerprint density at radius 1 is 1.47 bits per heavy atom. The van der Waals surface area contributed by atoms with Gasteiger partial charge in [-0.1, -0.05) is 31.5 Å². The first-order valence-corrected chi connectivity index (χ1v) is 5.26. The van der Waals surface area contributed by atoms with Gasteiger partial charge in [-0.05, 0) is 23.6 Å². The quantitative estimate of drug-likeness (QED) is 0.336. The summed E-state index contributed by atoms with van der Waals surface area (Å²) >= 11 is 0. The summed E-state index contributed by atoms with van der Waals surface area (Å²) in [6, 6.07) is 8.02. The van der Waals surface area contributed by atoms with Crippen molar-refractivity contribution in [2.45, 2.75) is 26.4 Å². The molecule has 0 fully saturated rings. The molecule has 0 amide bonds. The summed E-state index contributed by atoms with van der Waals surface area (Å²) in [6.07, 6.45) is 3.92. The lowest BCUT2D eigenvalue weighted by Crippen LogP contribution is -1.96. The maximum Gasteiger partial charge on any atom is 0.0717 e. The largest absolute Gasteiger partial charge is 0.377 e. The van der Waals surface area contributed by atoms with Crippen LogP contribution in [0.15, 0.2) is 29.4 Å². The normalized spacial score (nSPS) is 11.0. The van der Waals surface area contributed by atoms with Crippen LogP contribution >= 0.6 is 0 Å². The zero-order valence-corrected chi connectivity index (χ0v) is 9.15. The third-order valence-corrected chi connectivity index (χ3v) is 2.09. The molecule has 82 valence electrons. The lowest BCUT2D eigenvalue weighted by molar-refractivity contribution is 0.118. The Bertz CT molecular complexity index is 310. The first kappa shape index (κ1) is 11.7. The number of hydrazone groups is 1. The van der Waals surface area contributed by atoms with Gasteiger partial charge in [0.05, 0.1) is 12.8 Å². The van der Waals surface area contributed by atoms with Crippen molar-refractivity contribution in [1.82, 2.24) is 0 Å². The number of hydrogen-bond acceptors (Lipinski definition) is 3. The van der Waals surface area contributed by atoms with Gasteiger partial charge in [-0.25, -0.2) is 0 Å². The van der Waals surface area contributed by atoms with Crippen molar-refractivity contribution < 1.29 is 4.74 Å². The molecule has 1 aromatic rings. The van der Waals surface area contributed by atoms with Gasteiger partial charge in [-0.2, -0.15) is 5.10 Å². The maximum atomic E-state index is 5.52. The molecule has 0 spiro atoms. The number of hydrogen-bond donors (Lipinski definition) is 1. The van der Waals surface area contributed by atoms with E-state index < -0.39 is 0 Å². The highest BCUT2D eigenvalue weighted by Gasteiger charge is 1.94. The molecule has 1 aromatic carbocycles. The Morgan fingerprint density at radius 3 is 3.07 bits per heavy atom. The summed E-state index contributed by atoms with van der Waals surface area (Å²) in [5, 5.41) is 3.49. The zero-order chi connectivity index (χ0) is 10.9. The highest BCUT2D eigenvalue weighted by Crippen LogP contribution is 2.05. The molecule has 0 aliphatic rings. The molecular weight excluding hydrogens is 188 g/mol. The van der Waals surface area contributed by atoms with E-state index in [0.29, 0.717) is 6.61 Å². The van der Waals surface area contributed by atoms with Crippen LogP contribution in [0, 0.1) is 0 Å². The lowest BCUT2D eigenvalue weighted by atomic mass is 10.1. The molecule has 0 unspecified atom stereocenters.